The Kier molecular flexibility index (Phi) is 13.2. The molecule has 0 spiro atoms. The smallest absolute Gasteiger partial charge is 0.354 e. The number of benzene rings is 2. The van der Waals surface area contributed by atoms with E-state index in [0.29, 0.717) is 12.2 Å². The lowest BCUT2D eigenvalue weighted by molar-refractivity contribution is 0.567. The molecule has 11 heteroatoms. The second-order valence-corrected chi connectivity index (χ2v) is 14.6. The molecule has 0 saturated heterocycles. The third kappa shape index (κ3) is 11.5. The zero-order chi connectivity index (χ0) is 34.9. The maximum atomic E-state index is 13.8. The van der Waals surface area contributed by atoms with Crippen molar-refractivity contribution in [1.29, 1.82) is 0 Å². The Bertz CT molecular complexity index is 1690. The van der Waals surface area contributed by atoms with Crippen molar-refractivity contribution in [3.63, 3.8) is 0 Å². The predicted octanol–water partition coefficient (Wildman–Crippen LogP) is 6.21. The molecule has 4 rings (SSSR count). The number of hydrogen-bond donors (Lipinski definition) is 5. The van der Waals surface area contributed by atoms with Crippen molar-refractivity contribution in [3.8, 4) is 5.69 Å². The minimum atomic E-state index is -0.320. The predicted molar refractivity (Wildman–Crippen MR) is 194 cm³/mol. The number of H-pyrrole nitrogens is 1. The molecule has 2 heterocycles. The molecule has 0 unspecified atom stereocenters. The number of nitrogens with zero attached hydrogens (tertiary/aromatic N) is 3. The lowest BCUT2D eigenvalue weighted by Crippen LogP contribution is -2.23. The molecule has 0 aliphatic heterocycles. The fraction of sp³-hybridized carbons (Fsp3) is 0.472. The molecule has 0 aliphatic rings. The highest BCUT2D eigenvalue weighted by atomic mass is 35.5. The van der Waals surface area contributed by atoms with Crippen LogP contribution in [0.3, 0.4) is 0 Å². The standard InChI is InChI=1S/C21H29N7O.C15H23ClFN/c1-21(2,3)17-11-15-13-28(20(29)27-18(15)26-17)16-7-5-14(6-8-16)12-24-9-4-10-25-19(22)23;1-10(18)6-5-7-11-8-12(15(2,3)4)14(16)13(17)9-11/h5-8,11,13,24H,4,9-10,12H2,1-3H3,(H4,22,23,25)(H,26,27,29);8-10H,5-7,18H2,1-4H3/t;10-/m.0/s1. The van der Waals surface area contributed by atoms with Crippen molar-refractivity contribution < 1.29 is 4.39 Å². The van der Waals surface area contributed by atoms with Crippen LogP contribution in [-0.2, 0) is 23.8 Å². The lowest BCUT2D eigenvalue weighted by Gasteiger charge is -2.22. The Labute approximate surface area is 283 Å². The maximum absolute atomic E-state index is 13.8. The molecule has 4 aromatic rings. The summed E-state index contributed by atoms with van der Waals surface area (Å²) < 4.78 is 15.4. The first-order chi connectivity index (χ1) is 22.0. The van der Waals surface area contributed by atoms with Gasteiger partial charge in [-0.05, 0) is 85.5 Å². The number of hydrogen-bond acceptors (Lipinski definition) is 5. The van der Waals surface area contributed by atoms with Crippen molar-refractivity contribution in [1.82, 2.24) is 19.9 Å². The van der Waals surface area contributed by atoms with Crippen LogP contribution in [0.5, 0.6) is 0 Å². The van der Waals surface area contributed by atoms with Crippen LogP contribution >= 0.6 is 11.6 Å². The van der Waals surface area contributed by atoms with Gasteiger partial charge in [0.1, 0.15) is 11.5 Å². The second-order valence-electron chi connectivity index (χ2n) is 14.2. The Balaban J connectivity index is 0.000000287. The van der Waals surface area contributed by atoms with E-state index >= 15 is 0 Å². The number of nitrogens with one attached hydrogen (secondary N) is 2. The number of nitrogens with two attached hydrogens (primary N) is 3. The van der Waals surface area contributed by atoms with E-state index in [2.05, 4.69) is 47.1 Å². The van der Waals surface area contributed by atoms with Crippen LogP contribution in [0, 0.1) is 5.82 Å². The third-order valence-corrected chi connectivity index (χ3v) is 8.07. The van der Waals surface area contributed by atoms with Gasteiger partial charge in [0.05, 0.1) is 10.7 Å². The first kappa shape index (κ1) is 37.7. The van der Waals surface area contributed by atoms with Crippen molar-refractivity contribution in [2.45, 2.75) is 97.6 Å². The quantitative estimate of drug-likeness (QED) is 0.0729. The molecule has 256 valence electrons. The molecule has 0 fully saturated rings. The number of guanidine groups is 1. The number of aryl methyl sites for hydroxylation is 1. The van der Waals surface area contributed by atoms with Gasteiger partial charge in [0, 0.05) is 41.8 Å². The zero-order valence-corrected chi connectivity index (χ0v) is 29.6. The SMILES string of the molecule is CC(C)(C)c1cc2cn(-c3ccc(CNCCCN=C(N)N)cc3)c(=O)nc2[nH]1.C[C@H](N)CCCc1cc(F)c(Cl)c(C(C)(C)C)c1. The number of aromatic amines is 1. The molecular weight excluding hydrogens is 615 g/mol. The Morgan fingerprint density at radius 2 is 1.72 bits per heavy atom. The van der Waals surface area contributed by atoms with E-state index in [-0.39, 0.29) is 39.4 Å². The first-order valence-electron chi connectivity index (χ1n) is 16.2. The number of halogens is 2. The molecule has 0 amide bonds. The number of aromatic nitrogens is 3. The van der Waals surface area contributed by atoms with E-state index in [4.69, 9.17) is 28.8 Å². The summed E-state index contributed by atoms with van der Waals surface area (Å²) in [6, 6.07) is 13.7. The third-order valence-electron chi connectivity index (χ3n) is 7.69. The highest BCUT2D eigenvalue weighted by Gasteiger charge is 2.21. The summed E-state index contributed by atoms with van der Waals surface area (Å²) in [5, 5.41) is 4.52. The summed E-state index contributed by atoms with van der Waals surface area (Å²) in [5.74, 6) is -0.197. The van der Waals surface area contributed by atoms with E-state index in [1.807, 2.05) is 64.2 Å². The van der Waals surface area contributed by atoms with Gasteiger partial charge >= 0.3 is 5.69 Å². The monoisotopic (exact) mass is 666 g/mol. The van der Waals surface area contributed by atoms with Crippen LogP contribution in [0.15, 0.2) is 58.4 Å². The summed E-state index contributed by atoms with van der Waals surface area (Å²) in [7, 11) is 0. The van der Waals surface area contributed by atoms with Crippen molar-refractivity contribution in [2.75, 3.05) is 13.1 Å². The Morgan fingerprint density at radius 3 is 2.32 bits per heavy atom. The van der Waals surface area contributed by atoms with Gasteiger partial charge in [-0.1, -0.05) is 71.3 Å². The molecule has 0 radical (unpaired) electrons. The summed E-state index contributed by atoms with van der Waals surface area (Å²) in [6.07, 6.45) is 5.48. The Morgan fingerprint density at radius 1 is 1.04 bits per heavy atom. The van der Waals surface area contributed by atoms with Gasteiger partial charge in [-0.2, -0.15) is 4.98 Å². The van der Waals surface area contributed by atoms with E-state index in [1.165, 1.54) is 0 Å². The van der Waals surface area contributed by atoms with Gasteiger partial charge in [-0.15, -0.1) is 0 Å². The average molecular weight is 667 g/mol. The van der Waals surface area contributed by atoms with Crippen LogP contribution in [0.2, 0.25) is 5.02 Å². The van der Waals surface area contributed by atoms with Gasteiger partial charge in [-0.25, -0.2) is 9.18 Å². The summed E-state index contributed by atoms with van der Waals surface area (Å²) in [6.45, 7) is 16.7. The van der Waals surface area contributed by atoms with Crippen LogP contribution in [0.1, 0.15) is 90.1 Å². The fourth-order valence-corrected chi connectivity index (χ4v) is 5.36. The molecule has 1 atom stereocenters. The minimum absolute atomic E-state index is 0.0352. The molecule has 0 aliphatic carbocycles. The molecule has 2 aromatic heterocycles. The largest absolute Gasteiger partial charge is 0.370 e. The average Bonchev–Trinajstić information content (AvgIpc) is 3.40. The fourth-order valence-electron chi connectivity index (χ4n) is 4.97. The molecule has 2 aromatic carbocycles. The summed E-state index contributed by atoms with van der Waals surface area (Å²) in [5.41, 5.74) is 21.3. The molecular formula is C36H52ClFN8O. The highest BCUT2D eigenvalue weighted by Crippen LogP contribution is 2.33. The highest BCUT2D eigenvalue weighted by molar-refractivity contribution is 6.31. The van der Waals surface area contributed by atoms with Crippen LogP contribution < -0.4 is 28.2 Å². The molecule has 9 nitrogen and oxygen atoms in total. The molecule has 0 bridgehead atoms. The minimum Gasteiger partial charge on any atom is -0.370 e. The topological polar surface area (TPSA) is 153 Å². The van der Waals surface area contributed by atoms with E-state index < -0.39 is 0 Å². The van der Waals surface area contributed by atoms with Gasteiger partial charge in [0.15, 0.2) is 5.96 Å². The van der Waals surface area contributed by atoms with E-state index in [0.717, 1.165) is 72.2 Å². The Hall–Kier alpha value is -3.73. The van der Waals surface area contributed by atoms with Gasteiger partial charge in [-0.3, -0.25) is 9.56 Å². The second kappa shape index (κ2) is 16.4. The molecule has 0 saturated carbocycles. The zero-order valence-electron chi connectivity index (χ0n) is 28.9. The number of rotatable bonds is 11. The van der Waals surface area contributed by atoms with Gasteiger partial charge in [0.25, 0.3) is 0 Å². The maximum Gasteiger partial charge on any atom is 0.354 e. The van der Waals surface area contributed by atoms with Gasteiger partial charge < -0.3 is 27.5 Å². The molecule has 8 N–H and O–H groups in total. The van der Waals surface area contributed by atoms with Crippen LogP contribution in [0.4, 0.5) is 4.39 Å². The summed E-state index contributed by atoms with van der Waals surface area (Å²) >= 11 is 6.04. The first-order valence-corrected chi connectivity index (χ1v) is 16.6. The van der Waals surface area contributed by atoms with Crippen molar-refractivity contribution >= 4 is 28.6 Å². The van der Waals surface area contributed by atoms with Crippen molar-refractivity contribution in [2.24, 2.45) is 22.2 Å². The normalized spacial score (nSPS) is 12.5. The van der Waals surface area contributed by atoms with E-state index in [1.54, 1.807) is 10.6 Å². The van der Waals surface area contributed by atoms with Gasteiger partial charge in [0.2, 0.25) is 0 Å². The van der Waals surface area contributed by atoms with E-state index in [9.17, 15) is 9.18 Å². The number of fused-ring (bicyclic) bond motifs is 1. The summed E-state index contributed by atoms with van der Waals surface area (Å²) in [4.78, 5) is 23.9. The number of aliphatic imine (C=N–C) groups is 1. The lowest BCUT2D eigenvalue weighted by atomic mass is 9.85. The van der Waals surface area contributed by atoms with Crippen LogP contribution in [0.25, 0.3) is 16.7 Å². The molecule has 47 heavy (non-hydrogen) atoms. The van der Waals surface area contributed by atoms with Crippen molar-refractivity contribution in [3.05, 3.63) is 92.4 Å². The van der Waals surface area contributed by atoms with Crippen LogP contribution in [-0.4, -0.2) is 39.6 Å².